The fourth-order valence-electron chi connectivity index (χ4n) is 4.46. The highest BCUT2D eigenvalue weighted by molar-refractivity contribution is 5.74. The van der Waals surface area contributed by atoms with Crippen LogP contribution in [0.25, 0.3) is 0 Å². The van der Waals surface area contributed by atoms with Crippen LogP contribution in [0.4, 0.5) is 4.79 Å². The maximum atomic E-state index is 12.6. The molecule has 27 heavy (non-hydrogen) atoms. The third kappa shape index (κ3) is 4.81. The number of urea groups is 1. The SMILES string of the molecule is CCN(Cc1noc(C2CC2)n1)C(=O)NCC1CCN(C2CCCC2)CC1. The Balaban J connectivity index is 1.19. The normalized spacial score (nSPS) is 22.3. The van der Waals surface area contributed by atoms with E-state index < -0.39 is 0 Å². The van der Waals surface area contributed by atoms with Crippen molar-refractivity contribution in [1.29, 1.82) is 0 Å². The van der Waals surface area contributed by atoms with Crippen LogP contribution >= 0.6 is 0 Å². The molecule has 3 fully saturated rings. The van der Waals surface area contributed by atoms with Gasteiger partial charge in [0, 0.05) is 25.0 Å². The average Bonchev–Trinajstić information content (AvgIpc) is 3.20. The van der Waals surface area contributed by atoms with Crippen molar-refractivity contribution in [3.05, 3.63) is 11.7 Å². The lowest BCUT2D eigenvalue weighted by atomic mass is 9.95. The molecule has 4 rings (SSSR count). The average molecular weight is 376 g/mol. The summed E-state index contributed by atoms with van der Waals surface area (Å²) in [7, 11) is 0. The van der Waals surface area contributed by atoms with Crippen molar-refractivity contribution in [1.82, 2.24) is 25.3 Å². The molecule has 1 aromatic rings. The molecular formula is C20H33N5O2. The third-order valence-corrected chi connectivity index (χ3v) is 6.44. The molecule has 0 atom stereocenters. The minimum Gasteiger partial charge on any atom is -0.339 e. The van der Waals surface area contributed by atoms with E-state index in [0.29, 0.717) is 30.7 Å². The van der Waals surface area contributed by atoms with Crippen LogP contribution in [0.2, 0.25) is 0 Å². The molecule has 2 aliphatic carbocycles. The van der Waals surface area contributed by atoms with Crippen molar-refractivity contribution in [2.45, 2.75) is 76.8 Å². The van der Waals surface area contributed by atoms with Gasteiger partial charge in [0.2, 0.25) is 5.89 Å². The summed E-state index contributed by atoms with van der Waals surface area (Å²) in [6, 6.07) is 0.806. The number of carbonyl (C=O) groups excluding carboxylic acids is 1. The Hall–Kier alpha value is -1.63. The Morgan fingerprint density at radius 2 is 1.93 bits per heavy atom. The van der Waals surface area contributed by atoms with Crippen molar-refractivity contribution in [2.75, 3.05) is 26.2 Å². The zero-order chi connectivity index (χ0) is 18.6. The molecule has 3 aliphatic rings. The van der Waals surface area contributed by atoms with Crippen molar-refractivity contribution < 1.29 is 9.32 Å². The van der Waals surface area contributed by atoms with Crippen LogP contribution in [-0.4, -0.2) is 58.2 Å². The summed E-state index contributed by atoms with van der Waals surface area (Å²) in [5.74, 6) is 2.39. The van der Waals surface area contributed by atoms with Crippen LogP contribution in [0, 0.1) is 5.92 Å². The second-order valence-electron chi connectivity index (χ2n) is 8.44. The fraction of sp³-hybridized carbons (Fsp3) is 0.850. The minimum atomic E-state index is -0.0199. The van der Waals surface area contributed by atoms with E-state index in [1.165, 1.54) is 51.6 Å². The summed E-state index contributed by atoms with van der Waals surface area (Å²) in [5.41, 5.74) is 0. The predicted octanol–water partition coefficient (Wildman–Crippen LogP) is 3.13. The number of piperidine rings is 1. The van der Waals surface area contributed by atoms with Crippen molar-refractivity contribution >= 4 is 6.03 Å². The second-order valence-corrected chi connectivity index (χ2v) is 8.44. The Morgan fingerprint density at radius 3 is 2.59 bits per heavy atom. The van der Waals surface area contributed by atoms with Gasteiger partial charge in [-0.25, -0.2) is 4.79 Å². The Bertz CT molecular complexity index is 616. The molecule has 0 bridgehead atoms. The summed E-state index contributed by atoms with van der Waals surface area (Å²) >= 11 is 0. The molecule has 1 N–H and O–H groups in total. The first kappa shape index (κ1) is 18.7. The summed E-state index contributed by atoms with van der Waals surface area (Å²) in [6.45, 7) is 6.19. The number of nitrogens with one attached hydrogen (secondary N) is 1. The molecule has 7 heteroatoms. The number of amides is 2. The van der Waals surface area contributed by atoms with Gasteiger partial charge in [-0.05, 0) is 64.5 Å². The van der Waals surface area contributed by atoms with Crippen LogP contribution in [0.3, 0.4) is 0 Å². The van der Waals surface area contributed by atoms with Crippen LogP contribution in [0.15, 0.2) is 4.52 Å². The van der Waals surface area contributed by atoms with E-state index in [4.69, 9.17) is 4.52 Å². The van der Waals surface area contributed by atoms with Gasteiger partial charge in [-0.3, -0.25) is 0 Å². The van der Waals surface area contributed by atoms with E-state index in [-0.39, 0.29) is 6.03 Å². The number of carbonyl (C=O) groups is 1. The molecule has 0 unspecified atom stereocenters. The van der Waals surface area contributed by atoms with Crippen molar-refractivity contribution in [3.8, 4) is 0 Å². The van der Waals surface area contributed by atoms with E-state index in [1.54, 1.807) is 4.90 Å². The van der Waals surface area contributed by atoms with Crippen LogP contribution in [0.1, 0.15) is 75.9 Å². The van der Waals surface area contributed by atoms with Gasteiger partial charge < -0.3 is 19.6 Å². The summed E-state index contributed by atoms with van der Waals surface area (Å²) < 4.78 is 5.30. The molecule has 150 valence electrons. The first-order valence-corrected chi connectivity index (χ1v) is 10.8. The maximum Gasteiger partial charge on any atom is 0.317 e. The monoisotopic (exact) mass is 375 g/mol. The lowest BCUT2D eigenvalue weighted by Gasteiger charge is -2.36. The maximum absolute atomic E-state index is 12.6. The lowest BCUT2D eigenvalue weighted by Crippen LogP contribution is -2.45. The zero-order valence-electron chi connectivity index (χ0n) is 16.5. The number of likely N-dealkylation sites (tertiary alicyclic amines) is 1. The largest absolute Gasteiger partial charge is 0.339 e. The van der Waals surface area contributed by atoms with Gasteiger partial charge in [0.25, 0.3) is 0 Å². The fourth-order valence-corrected chi connectivity index (χ4v) is 4.46. The van der Waals surface area contributed by atoms with Crippen LogP contribution < -0.4 is 5.32 Å². The molecule has 1 aromatic heterocycles. The summed E-state index contributed by atoms with van der Waals surface area (Å²) in [5, 5.41) is 7.16. The zero-order valence-corrected chi connectivity index (χ0v) is 16.5. The minimum absolute atomic E-state index is 0.0199. The number of hydrogen-bond donors (Lipinski definition) is 1. The lowest BCUT2D eigenvalue weighted by molar-refractivity contribution is 0.132. The standard InChI is InChI=1S/C20H33N5O2/c1-2-24(14-18-22-19(27-23-18)16-7-8-16)20(26)21-13-15-9-11-25(12-10-15)17-5-3-4-6-17/h15-17H,2-14H2,1H3,(H,21,26). The quantitative estimate of drug-likeness (QED) is 0.792. The molecule has 0 aromatic carbocycles. The first-order valence-electron chi connectivity index (χ1n) is 10.8. The molecule has 0 spiro atoms. The number of rotatable bonds is 7. The number of aromatic nitrogens is 2. The third-order valence-electron chi connectivity index (χ3n) is 6.44. The molecule has 2 saturated carbocycles. The van der Waals surface area contributed by atoms with Crippen molar-refractivity contribution in [2.24, 2.45) is 5.92 Å². The van der Waals surface area contributed by atoms with Gasteiger partial charge in [-0.1, -0.05) is 18.0 Å². The van der Waals surface area contributed by atoms with E-state index in [0.717, 1.165) is 31.3 Å². The van der Waals surface area contributed by atoms with E-state index in [2.05, 4.69) is 20.4 Å². The Labute approximate surface area is 161 Å². The van der Waals surface area contributed by atoms with Gasteiger partial charge in [-0.2, -0.15) is 4.98 Å². The highest BCUT2D eigenvalue weighted by atomic mass is 16.5. The van der Waals surface area contributed by atoms with Gasteiger partial charge in [-0.15, -0.1) is 0 Å². The molecule has 1 saturated heterocycles. The highest BCUT2D eigenvalue weighted by Gasteiger charge is 2.30. The molecular weight excluding hydrogens is 342 g/mol. The molecule has 0 radical (unpaired) electrons. The highest BCUT2D eigenvalue weighted by Crippen LogP contribution is 2.38. The summed E-state index contributed by atoms with van der Waals surface area (Å²) in [6.07, 6.45) is 10.2. The van der Waals surface area contributed by atoms with Crippen LogP contribution in [0.5, 0.6) is 0 Å². The smallest absolute Gasteiger partial charge is 0.317 e. The van der Waals surface area contributed by atoms with Crippen molar-refractivity contribution in [3.63, 3.8) is 0 Å². The van der Waals surface area contributed by atoms with Gasteiger partial charge in [0.1, 0.15) is 0 Å². The van der Waals surface area contributed by atoms with E-state index in [1.807, 2.05) is 6.92 Å². The molecule has 2 heterocycles. The Kier molecular flexibility index (Phi) is 5.95. The van der Waals surface area contributed by atoms with E-state index >= 15 is 0 Å². The predicted molar refractivity (Wildman–Crippen MR) is 102 cm³/mol. The number of nitrogens with zero attached hydrogens (tertiary/aromatic N) is 4. The van der Waals surface area contributed by atoms with Gasteiger partial charge in [0.15, 0.2) is 5.82 Å². The Morgan fingerprint density at radius 1 is 1.19 bits per heavy atom. The topological polar surface area (TPSA) is 74.5 Å². The second kappa shape index (κ2) is 8.59. The molecule has 2 amide bonds. The van der Waals surface area contributed by atoms with Crippen LogP contribution in [-0.2, 0) is 6.54 Å². The molecule has 7 nitrogen and oxygen atoms in total. The number of hydrogen-bond acceptors (Lipinski definition) is 5. The summed E-state index contributed by atoms with van der Waals surface area (Å²) in [4.78, 5) is 21.4. The van der Waals surface area contributed by atoms with Gasteiger partial charge >= 0.3 is 6.03 Å². The van der Waals surface area contributed by atoms with E-state index in [9.17, 15) is 4.79 Å². The first-order chi connectivity index (χ1) is 13.2. The molecule has 1 aliphatic heterocycles. The van der Waals surface area contributed by atoms with Gasteiger partial charge in [0.05, 0.1) is 6.54 Å².